The number of unbranched alkanes of at least 4 members (excludes halogenated alkanes) is 1. The second-order valence-corrected chi connectivity index (χ2v) is 11.4. The first kappa shape index (κ1) is 30.4. The van der Waals surface area contributed by atoms with Gasteiger partial charge in [0.2, 0.25) is 0 Å². The van der Waals surface area contributed by atoms with Crippen LogP contribution in [0.1, 0.15) is 18.5 Å². The maximum Gasteiger partial charge on any atom is 0.262 e. The van der Waals surface area contributed by atoms with E-state index in [1.165, 1.54) is 13.2 Å². The number of phenolic OH excluding ortho intramolecular Hbond substituents is 2. The van der Waals surface area contributed by atoms with E-state index in [2.05, 4.69) is 10.3 Å². The first-order valence-corrected chi connectivity index (χ1v) is 15.4. The fourth-order valence-electron chi connectivity index (χ4n) is 5.82. The number of phenols is 2. The molecule has 240 valence electrons. The molecule has 0 spiro atoms. The third-order valence-electron chi connectivity index (χ3n) is 8.19. The number of hydrogen-bond acceptors (Lipinski definition) is 9. The average Bonchev–Trinajstić information content (AvgIpc) is 3.56. The van der Waals surface area contributed by atoms with Gasteiger partial charge in [-0.2, -0.15) is 0 Å². The van der Waals surface area contributed by atoms with E-state index in [4.69, 9.17) is 14.7 Å². The number of para-hydroxylation sites is 2. The van der Waals surface area contributed by atoms with E-state index in [1.807, 2.05) is 18.2 Å². The summed E-state index contributed by atoms with van der Waals surface area (Å²) in [6.45, 7) is 1.08. The van der Waals surface area contributed by atoms with Gasteiger partial charge in [-0.3, -0.25) is 23.4 Å². The third kappa shape index (κ3) is 5.86. The van der Waals surface area contributed by atoms with Gasteiger partial charge < -0.3 is 14.9 Å². The largest absolute Gasteiger partial charge is 0.508 e. The fraction of sp³-hybridized carbons (Fsp3) is 0.167. The van der Waals surface area contributed by atoms with Crippen molar-refractivity contribution in [3.05, 3.63) is 124 Å². The van der Waals surface area contributed by atoms with Gasteiger partial charge in [0, 0.05) is 24.2 Å². The Hall–Kier alpha value is -6.30. The molecule has 0 saturated carbocycles. The monoisotopic (exact) mass is 641 g/mol. The van der Waals surface area contributed by atoms with Gasteiger partial charge in [-0.25, -0.2) is 9.97 Å². The maximum absolute atomic E-state index is 13.6. The second kappa shape index (κ2) is 12.8. The Kier molecular flexibility index (Phi) is 8.12. The molecule has 0 saturated heterocycles. The van der Waals surface area contributed by atoms with Crippen molar-refractivity contribution in [1.29, 1.82) is 0 Å². The number of hydrogen-bond donors (Lipinski definition) is 2. The highest BCUT2D eigenvalue weighted by molar-refractivity contribution is 5.81. The van der Waals surface area contributed by atoms with Crippen LogP contribution in [-0.4, -0.2) is 51.4 Å². The zero-order valence-electron chi connectivity index (χ0n) is 26.0. The zero-order valence-corrected chi connectivity index (χ0v) is 26.0. The molecule has 3 aromatic heterocycles. The van der Waals surface area contributed by atoms with Crippen molar-refractivity contribution in [3.8, 4) is 40.0 Å². The molecule has 7 rings (SSSR count). The molecule has 0 aliphatic rings. The van der Waals surface area contributed by atoms with Gasteiger partial charge in [-0.15, -0.1) is 5.10 Å². The Labute approximate surface area is 273 Å². The SMILES string of the molecule is COc1cc(-c2nc3ccccc3c(=O)n2CCCCn2cc(Cn3c(-c4cccc(O)c4)nc4ccccc4c3=O)nn2)ccc1O. The lowest BCUT2D eigenvalue weighted by molar-refractivity contribution is 0.373. The number of aromatic hydroxyl groups is 2. The van der Waals surface area contributed by atoms with Gasteiger partial charge in [0.1, 0.15) is 23.1 Å². The summed E-state index contributed by atoms with van der Waals surface area (Å²) in [7, 11) is 1.47. The van der Waals surface area contributed by atoms with Crippen LogP contribution in [0.5, 0.6) is 17.2 Å². The predicted molar refractivity (Wildman–Crippen MR) is 181 cm³/mol. The molecule has 48 heavy (non-hydrogen) atoms. The number of methoxy groups -OCH3 is 1. The molecule has 0 bridgehead atoms. The summed E-state index contributed by atoms with van der Waals surface area (Å²) in [5.41, 5.74) is 2.62. The van der Waals surface area contributed by atoms with E-state index in [0.717, 1.165) is 0 Å². The maximum atomic E-state index is 13.6. The number of rotatable bonds is 10. The fourth-order valence-corrected chi connectivity index (χ4v) is 5.82. The third-order valence-corrected chi connectivity index (χ3v) is 8.19. The van der Waals surface area contributed by atoms with Crippen LogP contribution in [0.3, 0.4) is 0 Å². The van der Waals surface area contributed by atoms with Crippen LogP contribution < -0.4 is 15.9 Å². The highest BCUT2D eigenvalue weighted by Crippen LogP contribution is 2.31. The van der Waals surface area contributed by atoms with Gasteiger partial charge >= 0.3 is 0 Å². The lowest BCUT2D eigenvalue weighted by Gasteiger charge is -2.15. The van der Waals surface area contributed by atoms with Gasteiger partial charge in [-0.1, -0.05) is 41.6 Å². The standard InChI is InChI=1S/C36H31N7O5/c1-48-32-20-24(15-16-31(32)45)33-37-29-13-4-2-11-27(29)35(46)42(33)18-7-6-17-41-21-25(39-40-41)22-43-34(23-9-8-10-26(44)19-23)38-30-14-5-3-12-28(30)36(43)47/h2-5,8-16,19-21,44-45H,6-7,17-18,22H2,1H3. The number of fused-ring (bicyclic) bond motifs is 2. The van der Waals surface area contributed by atoms with Crippen LogP contribution in [0.4, 0.5) is 0 Å². The van der Waals surface area contributed by atoms with E-state index in [-0.39, 0.29) is 29.2 Å². The van der Waals surface area contributed by atoms with E-state index in [9.17, 15) is 19.8 Å². The molecule has 2 N–H and O–H groups in total. The minimum atomic E-state index is -0.218. The van der Waals surface area contributed by atoms with E-state index in [1.54, 1.807) is 86.7 Å². The van der Waals surface area contributed by atoms with Crippen LogP contribution in [0.25, 0.3) is 44.6 Å². The first-order chi connectivity index (χ1) is 23.4. The Balaban J connectivity index is 1.11. The van der Waals surface area contributed by atoms with Gasteiger partial charge in [0.05, 0.1) is 41.7 Å². The number of nitrogens with zero attached hydrogens (tertiary/aromatic N) is 7. The summed E-state index contributed by atoms with van der Waals surface area (Å²) in [6, 6.07) is 25.9. The molecule has 0 atom stereocenters. The first-order valence-electron chi connectivity index (χ1n) is 15.4. The minimum absolute atomic E-state index is 0.000443. The van der Waals surface area contributed by atoms with Crippen molar-refractivity contribution in [2.75, 3.05) is 7.11 Å². The lowest BCUT2D eigenvalue weighted by atomic mass is 10.1. The summed E-state index contributed by atoms with van der Waals surface area (Å²) in [6.07, 6.45) is 3.13. The van der Waals surface area contributed by atoms with Crippen LogP contribution in [0, 0.1) is 0 Å². The van der Waals surface area contributed by atoms with Crippen molar-refractivity contribution >= 4 is 21.8 Å². The summed E-state index contributed by atoms with van der Waals surface area (Å²) >= 11 is 0. The van der Waals surface area contributed by atoms with Crippen molar-refractivity contribution in [1.82, 2.24) is 34.1 Å². The van der Waals surface area contributed by atoms with E-state index < -0.39 is 0 Å². The number of ether oxygens (including phenoxy) is 1. The number of aromatic nitrogens is 7. The van der Waals surface area contributed by atoms with Gasteiger partial charge in [0.25, 0.3) is 11.1 Å². The van der Waals surface area contributed by atoms with Crippen molar-refractivity contribution in [2.24, 2.45) is 0 Å². The average molecular weight is 642 g/mol. The Morgan fingerprint density at radius 2 is 1.35 bits per heavy atom. The summed E-state index contributed by atoms with van der Waals surface area (Å²) in [4.78, 5) is 36.8. The molecule has 0 fully saturated rings. The Morgan fingerprint density at radius 1 is 0.708 bits per heavy atom. The second-order valence-electron chi connectivity index (χ2n) is 11.4. The Bertz CT molecular complexity index is 2410. The quantitative estimate of drug-likeness (QED) is 0.197. The molecule has 3 heterocycles. The summed E-state index contributed by atoms with van der Waals surface area (Å²) in [5.74, 6) is 1.27. The van der Waals surface area contributed by atoms with E-state index >= 15 is 0 Å². The molecule has 0 radical (unpaired) electrons. The van der Waals surface area contributed by atoms with Crippen molar-refractivity contribution in [2.45, 2.75) is 32.5 Å². The van der Waals surface area contributed by atoms with E-state index in [0.29, 0.717) is 82.0 Å². The predicted octanol–water partition coefficient (Wildman–Crippen LogP) is 4.98. The van der Waals surface area contributed by atoms with Crippen molar-refractivity contribution in [3.63, 3.8) is 0 Å². The van der Waals surface area contributed by atoms with Crippen LogP contribution in [-0.2, 0) is 19.6 Å². The molecule has 7 aromatic rings. The minimum Gasteiger partial charge on any atom is -0.508 e. The molecule has 0 unspecified atom stereocenters. The normalized spacial score (nSPS) is 11.4. The van der Waals surface area contributed by atoms with Crippen LogP contribution in [0.2, 0.25) is 0 Å². The van der Waals surface area contributed by atoms with Gasteiger partial charge in [0.15, 0.2) is 11.5 Å². The highest BCUT2D eigenvalue weighted by atomic mass is 16.5. The number of aryl methyl sites for hydroxylation is 1. The summed E-state index contributed by atoms with van der Waals surface area (Å²) < 4.78 is 10.2. The van der Waals surface area contributed by atoms with Crippen LogP contribution >= 0.6 is 0 Å². The smallest absolute Gasteiger partial charge is 0.262 e. The summed E-state index contributed by atoms with van der Waals surface area (Å²) in [5, 5.41) is 29.8. The van der Waals surface area contributed by atoms with Crippen molar-refractivity contribution < 1.29 is 14.9 Å². The molecule has 12 heteroatoms. The van der Waals surface area contributed by atoms with Crippen LogP contribution in [0.15, 0.2) is 107 Å². The lowest BCUT2D eigenvalue weighted by Crippen LogP contribution is -2.24. The zero-order chi connectivity index (χ0) is 33.2. The molecule has 0 amide bonds. The molecule has 12 nitrogen and oxygen atoms in total. The molecular weight excluding hydrogens is 610 g/mol. The topological polar surface area (TPSA) is 150 Å². The Morgan fingerprint density at radius 3 is 2.06 bits per heavy atom. The molecular formula is C36H31N7O5. The highest BCUT2D eigenvalue weighted by Gasteiger charge is 2.17. The molecule has 0 aliphatic heterocycles. The number of benzene rings is 4. The van der Waals surface area contributed by atoms with Gasteiger partial charge in [-0.05, 0) is 67.4 Å². The molecule has 0 aliphatic carbocycles. The molecule has 4 aromatic carbocycles.